The first-order chi connectivity index (χ1) is 5.81. The normalized spacial score (nSPS) is 13.2. The Kier molecular flexibility index (Phi) is 9.57. The van der Waals surface area contributed by atoms with Crippen LogP contribution >= 0.6 is 11.8 Å². The van der Waals surface area contributed by atoms with E-state index in [-0.39, 0.29) is 0 Å². The number of methoxy groups -OCH3 is 1. The summed E-state index contributed by atoms with van der Waals surface area (Å²) in [5.41, 5.74) is 0. The van der Waals surface area contributed by atoms with Crippen LogP contribution in [0.5, 0.6) is 0 Å². The number of hydrogen-bond donors (Lipinski definition) is 1. The van der Waals surface area contributed by atoms with Gasteiger partial charge in [0.1, 0.15) is 0 Å². The maximum Gasteiger partial charge on any atom is 0.0470 e. The molecule has 0 radical (unpaired) electrons. The molecule has 1 N–H and O–H groups in total. The molecule has 0 rings (SSSR count). The highest BCUT2D eigenvalue weighted by molar-refractivity contribution is 7.99. The Balaban J connectivity index is 2.97. The molecule has 12 heavy (non-hydrogen) atoms. The maximum atomic E-state index is 4.97. The van der Waals surface area contributed by atoms with Gasteiger partial charge in [0.2, 0.25) is 0 Å². The first kappa shape index (κ1) is 12.3. The fraction of sp³-hybridized carbons (Fsp3) is 1.00. The van der Waals surface area contributed by atoms with Crippen molar-refractivity contribution in [3.63, 3.8) is 0 Å². The molecular weight excluding hydrogens is 170 g/mol. The largest absolute Gasteiger partial charge is 0.385 e. The van der Waals surface area contributed by atoms with Gasteiger partial charge in [0.25, 0.3) is 0 Å². The van der Waals surface area contributed by atoms with Gasteiger partial charge in [-0.25, -0.2) is 0 Å². The van der Waals surface area contributed by atoms with E-state index in [1.807, 2.05) is 18.8 Å². The van der Waals surface area contributed by atoms with Gasteiger partial charge in [-0.3, -0.25) is 0 Å². The van der Waals surface area contributed by atoms with Gasteiger partial charge in [-0.15, -0.1) is 0 Å². The first-order valence-corrected chi connectivity index (χ1v) is 5.68. The van der Waals surface area contributed by atoms with Crippen LogP contribution in [0.3, 0.4) is 0 Å². The highest BCUT2D eigenvalue weighted by atomic mass is 32.2. The van der Waals surface area contributed by atoms with Crippen molar-refractivity contribution in [1.29, 1.82) is 0 Å². The van der Waals surface area contributed by atoms with E-state index in [4.69, 9.17) is 4.74 Å². The van der Waals surface area contributed by atoms with E-state index < -0.39 is 0 Å². The Morgan fingerprint density at radius 2 is 2.25 bits per heavy atom. The molecule has 0 aliphatic rings. The predicted molar refractivity (Wildman–Crippen MR) is 56.9 cm³/mol. The van der Waals surface area contributed by atoms with Crippen molar-refractivity contribution < 1.29 is 4.74 Å². The van der Waals surface area contributed by atoms with Crippen LogP contribution in [0.4, 0.5) is 0 Å². The van der Waals surface area contributed by atoms with Crippen molar-refractivity contribution in [2.75, 3.05) is 38.8 Å². The Hall–Kier alpha value is 0.270. The molecule has 3 heteroatoms. The molecular formula is C9H21NOS. The summed E-state index contributed by atoms with van der Waals surface area (Å²) in [5.74, 6) is 3.26. The van der Waals surface area contributed by atoms with Crippen LogP contribution in [0.15, 0.2) is 0 Å². The summed E-state index contributed by atoms with van der Waals surface area (Å²) in [6.07, 6.45) is 1.17. The second-order valence-corrected chi connectivity index (χ2v) is 4.23. The van der Waals surface area contributed by atoms with Crippen molar-refractivity contribution in [3.05, 3.63) is 0 Å². The second kappa shape index (κ2) is 9.36. The SMILES string of the molecule is CNCC(C)CSCCCOC. The third-order valence-electron chi connectivity index (χ3n) is 1.59. The highest BCUT2D eigenvalue weighted by Crippen LogP contribution is 2.08. The molecule has 1 unspecified atom stereocenters. The molecule has 0 bridgehead atoms. The first-order valence-electron chi connectivity index (χ1n) is 4.52. The van der Waals surface area contributed by atoms with Gasteiger partial charge in [0.05, 0.1) is 0 Å². The lowest BCUT2D eigenvalue weighted by molar-refractivity contribution is 0.200. The molecule has 0 aliphatic carbocycles. The summed E-state index contributed by atoms with van der Waals surface area (Å²) in [5, 5.41) is 3.18. The molecule has 0 aliphatic heterocycles. The standard InChI is InChI=1S/C9H21NOS/c1-9(7-10-2)8-12-6-4-5-11-3/h9-10H,4-8H2,1-3H3. The minimum atomic E-state index is 0.780. The van der Waals surface area contributed by atoms with Crippen molar-refractivity contribution in [2.24, 2.45) is 5.92 Å². The van der Waals surface area contributed by atoms with E-state index in [1.165, 1.54) is 17.9 Å². The van der Waals surface area contributed by atoms with E-state index in [1.54, 1.807) is 7.11 Å². The summed E-state index contributed by atoms with van der Waals surface area (Å²) in [6, 6.07) is 0. The summed E-state index contributed by atoms with van der Waals surface area (Å²) in [6.45, 7) is 4.30. The smallest absolute Gasteiger partial charge is 0.0470 e. The summed E-state index contributed by atoms with van der Waals surface area (Å²) < 4.78 is 4.97. The number of thioether (sulfide) groups is 1. The van der Waals surface area contributed by atoms with Crippen LogP contribution in [0.25, 0.3) is 0 Å². The number of nitrogens with one attached hydrogen (secondary N) is 1. The van der Waals surface area contributed by atoms with Gasteiger partial charge < -0.3 is 10.1 Å². The number of hydrogen-bond acceptors (Lipinski definition) is 3. The molecule has 0 amide bonds. The molecule has 0 aromatic heterocycles. The zero-order valence-corrected chi connectivity index (χ0v) is 9.25. The van der Waals surface area contributed by atoms with Crippen LogP contribution in [0.1, 0.15) is 13.3 Å². The third kappa shape index (κ3) is 8.37. The predicted octanol–water partition coefficient (Wildman–Crippen LogP) is 1.61. The molecule has 2 nitrogen and oxygen atoms in total. The molecule has 0 fully saturated rings. The minimum absolute atomic E-state index is 0.780. The zero-order chi connectivity index (χ0) is 9.23. The fourth-order valence-electron chi connectivity index (χ4n) is 0.997. The van der Waals surface area contributed by atoms with Crippen LogP contribution in [0, 0.1) is 5.92 Å². The van der Waals surface area contributed by atoms with Gasteiger partial charge in [-0.05, 0) is 37.4 Å². The molecule has 0 saturated carbocycles. The van der Waals surface area contributed by atoms with E-state index in [9.17, 15) is 0 Å². The topological polar surface area (TPSA) is 21.3 Å². The Labute approximate surface area is 80.4 Å². The number of rotatable bonds is 8. The fourth-order valence-corrected chi connectivity index (χ4v) is 2.01. The summed E-state index contributed by atoms with van der Waals surface area (Å²) in [4.78, 5) is 0. The quantitative estimate of drug-likeness (QED) is 0.589. The van der Waals surface area contributed by atoms with Gasteiger partial charge >= 0.3 is 0 Å². The molecule has 0 spiro atoms. The van der Waals surface area contributed by atoms with Crippen molar-refractivity contribution in [3.8, 4) is 0 Å². The number of ether oxygens (including phenoxy) is 1. The van der Waals surface area contributed by atoms with Gasteiger partial charge in [-0.2, -0.15) is 11.8 Å². The average Bonchev–Trinajstić information content (AvgIpc) is 2.05. The lowest BCUT2D eigenvalue weighted by atomic mass is 10.2. The van der Waals surface area contributed by atoms with Crippen LogP contribution < -0.4 is 5.32 Å². The van der Waals surface area contributed by atoms with E-state index in [2.05, 4.69) is 12.2 Å². The maximum absolute atomic E-state index is 4.97. The second-order valence-electron chi connectivity index (χ2n) is 3.08. The van der Waals surface area contributed by atoms with Crippen LogP contribution in [-0.2, 0) is 4.74 Å². The molecule has 0 heterocycles. The monoisotopic (exact) mass is 191 g/mol. The van der Waals surface area contributed by atoms with E-state index >= 15 is 0 Å². The lowest BCUT2D eigenvalue weighted by Crippen LogP contribution is -2.18. The van der Waals surface area contributed by atoms with Gasteiger partial charge in [-0.1, -0.05) is 6.92 Å². The lowest BCUT2D eigenvalue weighted by Gasteiger charge is -2.09. The van der Waals surface area contributed by atoms with Gasteiger partial charge in [0, 0.05) is 13.7 Å². The molecule has 0 aromatic carbocycles. The van der Waals surface area contributed by atoms with Crippen LogP contribution in [-0.4, -0.2) is 38.8 Å². The molecule has 74 valence electrons. The molecule has 0 aromatic rings. The Morgan fingerprint density at radius 3 is 2.83 bits per heavy atom. The Morgan fingerprint density at radius 1 is 1.50 bits per heavy atom. The molecule has 0 saturated heterocycles. The van der Waals surface area contributed by atoms with Crippen molar-refractivity contribution in [1.82, 2.24) is 5.32 Å². The van der Waals surface area contributed by atoms with Crippen LogP contribution in [0.2, 0.25) is 0 Å². The summed E-state index contributed by atoms with van der Waals surface area (Å²) >= 11 is 2.02. The summed E-state index contributed by atoms with van der Waals surface area (Å²) in [7, 11) is 3.76. The van der Waals surface area contributed by atoms with E-state index in [0.29, 0.717) is 0 Å². The van der Waals surface area contributed by atoms with Crippen molar-refractivity contribution >= 4 is 11.8 Å². The van der Waals surface area contributed by atoms with Gasteiger partial charge in [0.15, 0.2) is 0 Å². The highest BCUT2D eigenvalue weighted by Gasteiger charge is 1.99. The third-order valence-corrected chi connectivity index (χ3v) is 2.97. The molecule has 1 atom stereocenters. The Bertz CT molecular complexity index is 90.6. The average molecular weight is 191 g/mol. The zero-order valence-electron chi connectivity index (χ0n) is 8.43. The van der Waals surface area contributed by atoms with E-state index in [0.717, 1.165) is 19.1 Å². The van der Waals surface area contributed by atoms with Crippen molar-refractivity contribution in [2.45, 2.75) is 13.3 Å². The minimum Gasteiger partial charge on any atom is -0.385 e.